The fourth-order valence-corrected chi connectivity index (χ4v) is 3.80. The smallest absolute Gasteiger partial charge is 0.416 e. The summed E-state index contributed by atoms with van der Waals surface area (Å²) in [4.78, 5) is 5.54. The van der Waals surface area contributed by atoms with Gasteiger partial charge in [0.15, 0.2) is 11.6 Å². The minimum Gasteiger partial charge on any atom is -0.454 e. The molecule has 0 bridgehead atoms. The van der Waals surface area contributed by atoms with Crippen molar-refractivity contribution in [3.8, 4) is 11.5 Å². The Morgan fingerprint density at radius 3 is 2.50 bits per heavy atom. The van der Waals surface area contributed by atoms with E-state index in [1.807, 2.05) is 0 Å². The van der Waals surface area contributed by atoms with Gasteiger partial charge in [-0.2, -0.15) is 17.5 Å². The van der Waals surface area contributed by atoms with Gasteiger partial charge >= 0.3 is 6.18 Å². The Bertz CT molecular complexity index is 1040. The maximum atomic E-state index is 14.5. The van der Waals surface area contributed by atoms with Gasteiger partial charge in [0.25, 0.3) is 0 Å². The molecule has 1 aliphatic rings. The number of halogens is 5. The zero-order valence-corrected chi connectivity index (χ0v) is 16.7. The summed E-state index contributed by atoms with van der Waals surface area (Å²) in [6.07, 6.45) is -2.42. The van der Waals surface area contributed by atoms with Gasteiger partial charge in [-0.15, -0.1) is 0 Å². The monoisotopic (exact) mass is 460 g/mol. The number of hydrogen-bond donors (Lipinski definition) is 1. The molecule has 1 N–H and O–H groups in total. The zero-order valence-electron chi connectivity index (χ0n) is 15.0. The van der Waals surface area contributed by atoms with Gasteiger partial charge in [-0.3, -0.25) is 0 Å². The van der Waals surface area contributed by atoms with Crippen LogP contribution in [0.4, 0.5) is 32.8 Å². The molecule has 0 amide bonds. The van der Waals surface area contributed by atoms with Gasteiger partial charge in [0.2, 0.25) is 5.13 Å². The summed E-state index contributed by atoms with van der Waals surface area (Å²) in [7, 11) is 0. The van der Waals surface area contributed by atoms with E-state index in [9.17, 15) is 22.0 Å². The number of alkyl halides is 3. The third-order valence-corrected chi connectivity index (χ3v) is 5.80. The summed E-state index contributed by atoms with van der Waals surface area (Å²) in [5.74, 6) is -2.46. The Morgan fingerprint density at radius 2 is 1.87 bits per heavy atom. The molecule has 1 fully saturated rings. The van der Waals surface area contributed by atoms with E-state index < -0.39 is 29.1 Å². The molecule has 0 saturated carbocycles. The Labute approximate surface area is 176 Å². The van der Waals surface area contributed by atoms with Crippen LogP contribution in [-0.4, -0.2) is 22.4 Å². The number of aromatic nitrogens is 2. The minimum absolute atomic E-state index is 0.0691. The molecular formula is C18H13F5N4OS2. The Hall–Kier alpha value is -2.60. The maximum Gasteiger partial charge on any atom is 0.416 e. The van der Waals surface area contributed by atoms with Crippen LogP contribution < -0.4 is 14.4 Å². The van der Waals surface area contributed by atoms with E-state index in [1.165, 1.54) is 12.4 Å². The highest BCUT2D eigenvalue weighted by Gasteiger charge is 2.32. The van der Waals surface area contributed by atoms with Gasteiger partial charge in [0.1, 0.15) is 17.9 Å². The first kappa shape index (κ1) is 20.7. The predicted molar refractivity (Wildman–Crippen MR) is 104 cm³/mol. The van der Waals surface area contributed by atoms with Crippen LogP contribution in [0, 0.1) is 11.6 Å². The Balaban J connectivity index is 1.58. The Morgan fingerprint density at radius 1 is 1.07 bits per heavy atom. The molecule has 30 heavy (non-hydrogen) atoms. The van der Waals surface area contributed by atoms with Crippen molar-refractivity contribution >= 4 is 34.3 Å². The number of anilines is 2. The van der Waals surface area contributed by atoms with E-state index in [2.05, 4.69) is 14.1 Å². The largest absolute Gasteiger partial charge is 0.454 e. The van der Waals surface area contributed by atoms with Crippen LogP contribution in [0.25, 0.3) is 0 Å². The molecule has 1 aliphatic heterocycles. The second-order valence-electron chi connectivity index (χ2n) is 6.32. The number of benzene rings is 2. The molecule has 2 heterocycles. The van der Waals surface area contributed by atoms with Gasteiger partial charge in [-0.05, 0) is 36.6 Å². The Kier molecular flexibility index (Phi) is 5.69. The standard InChI is InChI=1S/C18H13F5N4OS2/c19-13-8-16(29-26-17-24-9-25-30-17)14(20)7-15(13)28-12-5-10(18(21,22)23)4-11(6-12)27-2-1-3-27/h4-9H,1-3H2,(H,24,25,26). The summed E-state index contributed by atoms with van der Waals surface area (Å²) in [5, 5.41) is 0.405. The fourth-order valence-electron chi connectivity index (χ4n) is 2.67. The van der Waals surface area contributed by atoms with E-state index in [-0.39, 0.29) is 10.6 Å². The molecule has 0 spiro atoms. The third kappa shape index (κ3) is 4.59. The molecule has 0 radical (unpaired) electrons. The van der Waals surface area contributed by atoms with Crippen molar-refractivity contribution in [1.29, 1.82) is 0 Å². The van der Waals surface area contributed by atoms with Crippen molar-refractivity contribution in [2.24, 2.45) is 0 Å². The first-order chi connectivity index (χ1) is 14.3. The highest BCUT2D eigenvalue weighted by molar-refractivity contribution is 8.00. The van der Waals surface area contributed by atoms with Crippen LogP contribution >= 0.6 is 23.5 Å². The van der Waals surface area contributed by atoms with Crippen molar-refractivity contribution in [3.05, 3.63) is 53.9 Å². The van der Waals surface area contributed by atoms with Crippen molar-refractivity contribution < 1.29 is 26.7 Å². The minimum atomic E-state index is -4.60. The van der Waals surface area contributed by atoms with Crippen LogP contribution in [0.15, 0.2) is 41.6 Å². The van der Waals surface area contributed by atoms with Crippen molar-refractivity contribution in [1.82, 2.24) is 9.36 Å². The van der Waals surface area contributed by atoms with Crippen LogP contribution in [0.5, 0.6) is 11.5 Å². The SMILES string of the molecule is Fc1cc(SNc2ncns2)c(F)cc1Oc1cc(N2CCC2)cc(C(F)(F)F)c1. The molecule has 5 nitrogen and oxygen atoms in total. The summed E-state index contributed by atoms with van der Waals surface area (Å²) in [5.41, 5.74) is -0.600. The topological polar surface area (TPSA) is 50.3 Å². The number of ether oxygens (including phenoxy) is 1. The van der Waals surface area contributed by atoms with Gasteiger partial charge < -0.3 is 14.4 Å². The first-order valence-corrected chi connectivity index (χ1v) is 10.2. The lowest BCUT2D eigenvalue weighted by Crippen LogP contribution is -2.37. The first-order valence-electron chi connectivity index (χ1n) is 8.63. The van der Waals surface area contributed by atoms with E-state index >= 15 is 0 Å². The molecule has 4 rings (SSSR count). The lowest BCUT2D eigenvalue weighted by Gasteiger charge is -2.33. The van der Waals surface area contributed by atoms with Gasteiger partial charge in [-0.25, -0.2) is 13.8 Å². The molecule has 3 aromatic rings. The molecule has 12 heteroatoms. The second-order valence-corrected chi connectivity index (χ2v) is 7.95. The molecule has 0 aliphatic carbocycles. The van der Waals surface area contributed by atoms with Crippen LogP contribution in [0.1, 0.15) is 12.0 Å². The highest BCUT2D eigenvalue weighted by atomic mass is 32.2. The van der Waals surface area contributed by atoms with E-state index in [4.69, 9.17) is 4.74 Å². The van der Waals surface area contributed by atoms with Crippen molar-refractivity contribution in [2.75, 3.05) is 22.7 Å². The zero-order chi connectivity index (χ0) is 21.3. The molecule has 1 aromatic heterocycles. The van der Waals surface area contributed by atoms with Crippen LogP contribution in [-0.2, 0) is 6.18 Å². The summed E-state index contributed by atoms with van der Waals surface area (Å²) >= 11 is 1.83. The third-order valence-electron chi connectivity index (χ3n) is 4.26. The predicted octanol–water partition coefficient (Wildman–Crippen LogP) is 5.96. The number of hydrogen-bond acceptors (Lipinski definition) is 7. The van der Waals surface area contributed by atoms with Crippen molar-refractivity contribution in [2.45, 2.75) is 17.5 Å². The van der Waals surface area contributed by atoms with Crippen LogP contribution in [0.3, 0.4) is 0 Å². The average molecular weight is 460 g/mol. The molecular weight excluding hydrogens is 447 g/mol. The van der Waals surface area contributed by atoms with E-state index in [0.29, 0.717) is 23.9 Å². The van der Waals surface area contributed by atoms with E-state index in [1.54, 1.807) is 4.90 Å². The molecule has 158 valence electrons. The lowest BCUT2D eigenvalue weighted by molar-refractivity contribution is -0.137. The molecule has 0 atom stereocenters. The fraction of sp³-hybridized carbons (Fsp3) is 0.222. The maximum absolute atomic E-state index is 14.5. The van der Waals surface area contributed by atoms with Gasteiger partial charge in [0.05, 0.1) is 10.5 Å². The molecule has 2 aromatic carbocycles. The lowest BCUT2D eigenvalue weighted by atomic mass is 10.1. The second kappa shape index (κ2) is 8.26. The number of rotatable bonds is 6. The van der Waals surface area contributed by atoms with Crippen LogP contribution in [0.2, 0.25) is 0 Å². The van der Waals surface area contributed by atoms with Gasteiger partial charge in [-0.1, -0.05) is 0 Å². The summed E-state index contributed by atoms with van der Waals surface area (Å²) < 4.78 is 80.4. The van der Waals surface area contributed by atoms with Crippen molar-refractivity contribution in [3.63, 3.8) is 0 Å². The summed E-state index contributed by atoms with van der Waals surface area (Å²) in [6.45, 7) is 1.24. The normalized spacial score (nSPS) is 13.8. The number of nitrogens with one attached hydrogen (secondary N) is 1. The molecule has 1 saturated heterocycles. The highest BCUT2D eigenvalue weighted by Crippen LogP contribution is 2.39. The van der Waals surface area contributed by atoms with Gasteiger partial charge in [0, 0.05) is 42.4 Å². The average Bonchev–Trinajstić information content (AvgIpc) is 3.14. The summed E-state index contributed by atoms with van der Waals surface area (Å²) in [6, 6.07) is 4.85. The van der Waals surface area contributed by atoms with E-state index in [0.717, 1.165) is 54.2 Å². The quantitative estimate of drug-likeness (QED) is 0.362. The number of nitrogens with zero attached hydrogens (tertiary/aromatic N) is 3. The molecule has 0 unspecified atom stereocenters.